The lowest BCUT2D eigenvalue weighted by molar-refractivity contribution is -0.0120. The number of aliphatic hydroxyl groups excluding tert-OH is 1. The number of aromatic nitrogens is 2. The lowest BCUT2D eigenvalue weighted by atomic mass is 9.81. The van der Waals surface area contributed by atoms with Crippen molar-refractivity contribution in [2.75, 3.05) is 6.61 Å². The van der Waals surface area contributed by atoms with Crippen molar-refractivity contribution in [1.82, 2.24) is 9.55 Å². The number of rotatable bonds is 6. The molecular weight excluding hydrogens is 324 g/mol. The largest absolute Gasteiger partial charge is 0.393 e. The van der Waals surface area contributed by atoms with Crippen LogP contribution in [0, 0.1) is 11.8 Å². The zero-order valence-electron chi connectivity index (χ0n) is 15.3. The van der Waals surface area contributed by atoms with E-state index in [1.165, 1.54) is 29.7 Å². The predicted octanol–water partition coefficient (Wildman–Crippen LogP) is 4.19. The van der Waals surface area contributed by atoms with Gasteiger partial charge in [-0.3, -0.25) is 0 Å². The van der Waals surface area contributed by atoms with E-state index in [4.69, 9.17) is 4.74 Å². The van der Waals surface area contributed by atoms with Crippen LogP contribution in [-0.4, -0.2) is 33.5 Å². The summed E-state index contributed by atoms with van der Waals surface area (Å²) in [5.41, 5.74) is 3.76. The number of hydrogen-bond donors (Lipinski definition) is 1. The van der Waals surface area contributed by atoms with E-state index in [9.17, 15) is 5.11 Å². The summed E-state index contributed by atoms with van der Waals surface area (Å²) in [5, 5.41) is 11.0. The van der Waals surface area contributed by atoms with Crippen LogP contribution >= 0.6 is 0 Å². The Morgan fingerprint density at radius 1 is 1.12 bits per heavy atom. The molecule has 2 heterocycles. The quantitative estimate of drug-likeness (QED) is 0.848. The Morgan fingerprint density at radius 3 is 2.73 bits per heavy atom. The van der Waals surface area contributed by atoms with Crippen molar-refractivity contribution in [3.63, 3.8) is 0 Å². The fourth-order valence-corrected chi connectivity index (χ4v) is 4.79. The first-order valence-corrected chi connectivity index (χ1v) is 10.2. The van der Waals surface area contributed by atoms with Gasteiger partial charge in [0.15, 0.2) is 0 Å². The summed E-state index contributed by atoms with van der Waals surface area (Å²) in [5.74, 6) is 1.24. The summed E-state index contributed by atoms with van der Waals surface area (Å²) < 4.78 is 8.29. The van der Waals surface area contributed by atoms with Crippen molar-refractivity contribution in [2.45, 2.75) is 63.2 Å². The molecule has 0 saturated heterocycles. The van der Waals surface area contributed by atoms with Crippen LogP contribution in [0.1, 0.15) is 56.6 Å². The van der Waals surface area contributed by atoms with E-state index >= 15 is 0 Å². The molecule has 2 aliphatic carbocycles. The molecule has 1 aliphatic heterocycles. The first-order valence-electron chi connectivity index (χ1n) is 10.2. The molecule has 1 aromatic carbocycles. The van der Waals surface area contributed by atoms with E-state index in [0.717, 1.165) is 44.6 Å². The Hall–Kier alpha value is -1.65. The number of hydrogen-bond acceptors (Lipinski definition) is 3. The molecule has 3 aliphatic rings. The molecule has 0 bridgehead atoms. The molecule has 0 spiro atoms. The number of imidazole rings is 1. The SMILES string of the molecule is OC(CC1c2ccccc2-c2cncn21)[C@H]1CC[C@H](OCC2CC2)CC1. The molecule has 2 fully saturated rings. The van der Waals surface area contributed by atoms with E-state index in [1.54, 1.807) is 0 Å². The molecule has 4 nitrogen and oxygen atoms in total. The van der Waals surface area contributed by atoms with Crippen LogP contribution in [0.3, 0.4) is 0 Å². The predicted molar refractivity (Wildman–Crippen MR) is 101 cm³/mol. The summed E-state index contributed by atoms with van der Waals surface area (Å²) in [6, 6.07) is 8.75. The van der Waals surface area contributed by atoms with Gasteiger partial charge in [-0.1, -0.05) is 24.3 Å². The first kappa shape index (κ1) is 16.5. The van der Waals surface area contributed by atoms with Gasteiger partial charge in [0, 0.05) is 12.2 Å². The van der Waals surface area contributed by atoms with Crippen LogP contribution in [0.15, 0.2) is 36.8 Å². The topological polar surface area (TPSA) is 47.3 Å². The van der Waals surface area contributed by atoms with Gasteiger partial charge in [0.05, 0.1) is 36.5 Å². The van der Waals surface area contributed by atoms with Gasteiger partial charge in [0.2, 0.25) is 0 Å². The standard InChI is InChI=1S/C22H28N2O2/c25-22(16-7-9-17(10-8-16)26-13-15-5-6-15)11-20-18-3-1-2-4-19(18)21-12-23-14-24(20)21/h1-4,12,14-17,20,22,25H,5-11,13H2/t16-,17-,20?,22?. The smallest absolute Gasteiger partial charge is 0.0956 e. The first-order chi connectivity index (χ1) is 12.8. The maximum atomic E-state index is 11.0. The maximum Gasteiger partial charge on any atom is 0.0956 e. The molecule has 4 heteroatoms. The van der Waals surface area contributed by atoms with Crippen molar-refractivity contribution in [3.8, 4) is 11.3 Å². The number of aliphatic hydroxyl groups is 1. The second-order valence-electron chi connectivity index (χ2n) is 8.41. The maximum absolute atomic E-state index is 11.0. The Morgan fingerprint density at radius 2 is 1.92 bits per heavy atom. The summed E-state index contributed by atoms with van der Waals surface area (Å²) in [6.45, 7) is 0.958. The monoisotopic (exact) mass is 352 g/mol. The van der Waals surface area contributed by atoms with E-state index in [0.29, 0.717) is 12.0 Å². The Bertz CT molecular complexity index is 759. The van der Waals surface area contributed by atoms with Crippen LogP contribution < -0.4 is 0 Å². The van der Waals surface area contributed by atoms with Crippen LogP contribution in [0.2, 0.25) is 0 Å². The van der Waals surface area contributed by atoms with Gasteiger partial charge >= 0.3 is 0 Å². The van der Waals surface area contributed by atoms with Crippen molar-refractivity contribution >= 4 is 0 Å². The Kier molecular flexibility index (Phi) is 4.33. The van der Waals surface area contributed by atoms with Gasteiger partial charge in [-0.2, -0.15) is 0 Å². The summed E-state index contributed by atoms with van der Waals surface area (Å²) >= 11 is 0. The number of benzene rings is 1. The Balaban J connectivity index is 1.22. The number of fused-ring (bicyclic) bond motifs is 3. The molecule has 0 radical (unpaired) electrons. The van der Waals surface area contributed by atoms with Gasteiger partial charge in [0.1, 0.15) is 0 Å². The summed E-state index contributed by atoms with van der Waals surface area (Å²) in [4.78, 5) is 4.33. The third-order valence-corrected chi connectivity index (χ3v) is 6.59. The molecular formula is C22H28N2O2. The molecule has 1 N–H and O–H groups in total. The van der Waals surface area contributed by atoms with E-state index < -0.39 is 0 Å². The van der Waals surface area contributed by atoms with Crippen molar-refractivity contribution < 1.29 is 9.84 Å². The minimum absolute atomic E-state index is 0.211. The molecule has 0 amide bonds. The van der Waals surface area contributed by atoms with Crippen molar-refractivity contribution in [2.24, 2.45) is 11.8 Å². The molecule has 2 aromatic rings. The third kappa shape index (κ3) is 3.10. The second kappa shape index (κ2) is 6.82. The highest BCUT2D eigenvalue weighted by molar-refractivity contribution is 5.68. The second-order valence-corrected chi connectivity index (χ2v) is 8.41. The van der Waals surface area contributed by atoms with Gasteiger partial charge in [0.25, 0.3) is 0 Å². The minimum Gasteiger partial charge on any atom is -0.393 e. The molecule has 1 aromatic heterocycles. The number of nitrogens with zero attached hydrogens (tertiary/aromatic N) is 2. The summed E-state index contributed by atoms with van der Waals surface area (Å²) in [6.07, 6.45) is 11.9. The van der Waals surface area contributed by atoms with Crippen LogP contribution in [0.4, 0.5) is 0 Å². The Labute approximate surface area is 155 Å². The zero-order valence-corrected chi connectivity index (χ0v) is 15.3. The highest BCUT2D eigenvalue weighted by atomic mass is 16.5. The average molecular weight is 352 g/mol. The normalized spacial score (nSPS) is 28.6. The highest BCUT2D eigenvalue weighted by Crippen LogP contribution is 2.43. The highest BCUT2D eigenvalue weighted by Gasteiger charge is 2.34. The minimum atomic E-state index is -0.259. The van der Waals surface area contributed by atoms with Crippen LogP contribution in [0.5, 0.6) is 0 Å². The van der Waals surface area contributed by atoms with Gasteiger partial charge in [-0.15, -0.1) is 0 Å². The average Bonchev–Trinajstić information content (AvgIpc) is 3.30. The molecule has 138 valence electrons. The molecule has 2 saturated carbocycles. The number of ether oxygens (including phenoxy) is 1. The molecule has 26 heavy (non-hydrogen) atoms. The molecule has 2 unspecified atom stereocenters. The lowest BCUT2D eigenvalue weighted by Crippen LogP contribution is -2.31. The third-order valence-electron chi connectivity index (χ3n) is 6.59. The van der Waals surface area contributed by atoms with Crippen molar-refractivity contribution in [3.05, 3.63) is 42.4 Å². The molecule has 2 atom stereocenters. The van der Waals surface area contributed by atoms with Crippen molar-refractivity contribution in [1.29, 1.82) is 0 Å². The van der Waals surface area contributed by atoms with E-state index in [-0.39, 0.29) is 12.1 Å². The lowest BCUT2D eigenvalue weighted by Gasteiger charge is -2.32. The molecule has 5 rings (SSSR count). The van der Waals surface area contributed by atoms with Crippen LogP contribution in [0.25, 0.3) is 11.3 Å². The van der Waals surface area contributed by atoms with Gasteiger partial charge < -0.3 is 14.4 Å². The van der Waals surface area contributed by atoms with E-state index in [2.05, 4.69) is 33.8 Å². The van der Waals surface area contributed by atoms with Gasteiger partial charge in [-0.25, -0.2) is 4.98 Å². The fourth-order valence-electron chi connectivity index (χ4n) is 4.79. The van der Waals surface area contributed by atoms with Crippen LogP contribution in [-0.2, 0) is 4.74 Å². The summed E-state index contributed by atoms with van der Waals surface area (Å²) in [7, 11) is 0. The zero-order chi connectivity index (χ0) is 17.5. The fraction of sp³-hybridized carbons (Fsp3) is 0.591. The van der Waals surface area contributed by atoms with E-state index in [1.807, 2.05) is 12.5 Å². The van der Waals surface area contributed by atoms with Gasteiger partial charge in [-0.05, 0) is 62.3 Å².